The molecule has 0 aliphatic heterocycles. The van der Waals surface area contributed by atoms with Gasteiger partial charge in [-0.2, -0.15) is 0 Å². The number of amides is 1. The third kappa shape index (κ3) is 4.67. The number of nitroso groups, excluding NO2 is 1. The van der Waals surface area contributed by atoms with Crippen LogP contribution in [0.2, 0.25) is 0 Å². The molecule has 1 atom stereocenters. The van der Waals surface area contributed by atoms with Gasteiger partial charge in [0.25, 0.3) is 0 Å². The van der Waals surface area contributed by atoms with Crippen LogP contribution in [0.15, 0.2) is 4.58 Å². The third-order valence-electron chi connectivity index (χ3n) is 0.984. The zero-order valence-corrected chi connectivity index (χ0v) is 7.13. The van der Waals surface area contributed by atoms with Crippen molar-refractivity contribution < 1.29 is 14.7 Å². The van der Waals surface area contributed by atoms with Crippen molar-refractivity contribution in [3.8, 4) is 0 Å². The third-order valence-corrected chi connectivity index (χ3v) is 1.60. The topological polar surface area (TPSA) is 95.8 Å². The number of nitrogens with zero attached hydrogens (tertiary/aromatic N) is 1. The fourth-order valence-corrected chi connectivity index (χ4v) is 0.727. The number of carboxylic acid groups (broad SMARTS) is 1. The van der Waals surface area contributed by atoms with Crippen LogP contribution < -0.4 is 5.32 Å². The van der Waals surface area contributed by atoms with E-state index in [-0.39, 0.29) is 0 Å². The molecule has 0 aliphatic rings. The Hall–Kier alpha value is -1.11. The Kier molecular flexibility index (Phi) is 5.02. The van der Waals surface area contributed by atoms with Gasteiger partial charge in [0.1, 0.15) is 11.8 Å². The molecule has 0 aromatic rings. The Balaban J connectivity index is 3.71. The number of carbonyl (C=O) groups is 2. The summed E-state index contributed by atoms with van der Waals surface area (Å²) in [4.78, 5) is 30.5. The van der Waals surface area contributed by atoms with Crippen LogP contribution in [-0.4, -0.2) is 28.8 Å². The first-order valence-electron chi connectivity index (χ1n) is 3.06. The summed E-state index contributed by atoms with van der Waals surface area (Å²) in [5, 5.41) is 9.62. The van der Waals surface area contributed by atoms with E-state index in [1.165, 1.54) is 6.92 Å². The SMILES string of the molecule is CC(SN=O)C(=O)NCC(=O)O. The van der Waals surface area contributed by atoms with Gasteiger partial charge in [0.2, 0.25) is 5.91 Å². The predicted octanol–water partition coefficient (Wildman–Crippen LogP) is -0.00970. The molecule has 0 heterocycles. The molecule has 1 unspecified atom stereocenters. The first kappa shape index (κ1) is 10.9. The van der Waals surface area contributed by atoms with Crippen LogP contribution in [0.3, 0.4) is 0 Å². The van der Waals surface area contributed by atoms with Crippen molar-refractivity contribution in [1.82, 2.24) is 5.32 Å². The van der Waals surface area contributed by atoms with Gasteiger partial charge in [-0.25, -0.2) is 0 Å². The van der Waals surface area contributed by atoms with Crippen LogP contribution in [0.25, 0.3) is 0 Å². The lowest BCUT2D eigenvalue weighted by Gasteiger charge is -2.04. The van der Waals surface area contributed by atoms with Crippen LogP contribution in [0.5, 0.6) is 0 Å². The minimum absolute atomic E-state index is 0.442. The number of hydrogen-bond donors (Lipinski definition) is 2. The minimum Gasteiger partial charge on any atom is -0.480 e. The molecule has 2 N–H and O–H groups in total. The van der Waals surface area contributed by atoms with Gasteiger partial charge in [0, 0.05) is 16.5 Å². The Bertz CT molecular complexity index is 196. The van der Waals surface area contributed by atoms with Gasteiger partial charge in [-0.05, 0) is 6.92 Å². The maximum atomic E-state index is 10.8. The molecule has 0 aromatic carbocycles. The molecular formula is C5H8N2O4S. The molecule has 68 valence electrons. The fourth-order valence-electron chi connectivity index (χ4n) is 0.419. The molecule has 1 amide bonds. The number of hydrogen-bond acceptors (Lipinski definition) is 5. The molecule has 6 nitrogen and oxygen atoms in total. The van der Waals surface area contributed by atoms with Crippen LogP contribution in [0, 0.1) is 4.91 Å². The summed E-state index contributed by atoms with van der Waals surface area (Å²) in [5.74, 6) is -1.64. The van der Waals surface area contributed by atoms with Crippen molar-refractivity contribution in [3.63, 3.8) is 0 Å². The Morgan fingerprint density at radius 2 is 2.25 bits per heavy atom. The van der Waals surface area contributed by atoms with Crippen LogP contribution in [0.4, 0.5) is 0 Å². The first-order valence-corrected chi connectivity index (χ1v) is 3.89. The Labute approximate surface area is 72.8 Å². The average Bonchev–Trinajstić information content (AvgIpc) is 2.00. The van der Waals surface area contributed by atoms with Crippen molar-refractivity contribution in [3.05, 3.63) is 4.91 Å². The molecule has 0 aliphatic carbocycles. The zero-order valence-electron chi connectivity index (χ0n) is 6.31. The number of aliphatic carboxylic acids is 1. The van der Waals surface area contributed by atoms with Gasteiger partial charge in [0.05, 0.1) is 0 Å². The fraction of sp³-hybridized carbons (Fsp3) is 0.600. The lowest BCUT2D eigenvalue weighted by molar-refractivity contribution is -0.137. The molecule has 0 fully saturated rings. The van der Waals surface area contributed by atoms with Crippen molar-refractivity contribution in [2.75, 3.05) is 6.54 Å². The molecule has 0 aromatic heterocycles. The van der Waals surface area contributed by atoms with E-state index < -0.39 is 23.7 Å². The zero-order chi connectivity index (χ0) is 9.56. The predicted molar refractivity (Wildman–Crippen MR) is 43.5 cm³/mol. The van der Waals surface area contributed by atoms with Crippen molar-refractivity contribution in [1.29, 1.82) is 0 Å². The second-order valence-electron chi connectivity index (χ2n) is 1.93. The van der Waals surface area contributed by atoms with E-state index in [1.54, 1.807) is 0 Å². The van der Waals surface area contributed by atoms with Crippen LogP contribution >= 0.6 is 11.9 Å². The molecule has 12 heavy (non-hydrogen) atoms. The van der Waals surface area contributed by atoms with E-state index in [0.717, 1.165) is 0 Å². The summed E-state index contributed by atoms with van der Waals surface area (Å²) in [5.41, 5.74) is 0. The normalized spacial score (nSPS) is 11.8. The number of carboxylic acids is 1. The first-order chi connectivity index (χ1) is 5.57. The van der Waals surface area contributed by atoms with Gasteiger partial charge < -0.3 is 10.4 Å². The van der Waals surface area contributed by atoms with Gasteiger partial charge in [-0.3, -0.25) is 9.59 Å². The van der Waals surface area contributed by atoms with Crippen LogP contribution in [-0.2, 0) is 9.59 Å². The maximum absolute atomic E-state index is 10.8. The smallest absolute Gasteiger partial charge is 0.322 e. The van der Waals surface area contributed by atoms with Gasteiger partial charge >= 0.3 is 5.97 Å². The summed E-state index contributed by atoms with van der Waals surface area (Å²) in [6.45, 7) is 1.02. The summed E-state index contributed by atoms with van der Waals surface area (Å²) in [7, 11) is 0. The monoisotopic (exact) mass is 192 g/mol. The number of carbonyl (C=O) groups excluding carboxylic acids is 1. The Morgan fingerprint density at radius 1 is 1.67 bits per heavy atom. The number of rotatable bonds is 5. The highest BCUT2D eigenvalue weighted by molar-refractivity contribution is 7.99. The maximum Gasteiger partial charge on any atom is 0.322 e. The second-order valence-corrected chi connectivity index (χ2v) is 3.00. The molecule has 0 saturated heterocycles. The van der Waals surface area contributed by atoms with Gasteiger partial charge in [-0.1, -0.05) is 0 Å². The lowest BCUT2D eigenvalue weighted by Crippen LogP contribution is -2.34. The Morgan fingerprint density at radius 3 is 2.67 bits per heavy atom. The standard InChI is InChI=1S/C5H8N2O4S/c1-3(12-7-11)5(10)6-2-4(8)9/h3H,2H2,1H3,(H,6,10)(H,8,9). The van der Waals surface area contributed by atoms with E-state index >= 15 is 0 Å². The summed E-state index contributed by atoms with van der Waals surface area (Å²) < 4.78 is 2.44. The van der Waals surface area contributed by atoms with Crippen molar-refractivity contribution in [2.24, 2.45) is 4.58 Å². The molecule has 7 heteroatoms. The minimum atomic E-state index is -1.13. The molecular weight excluding hydrogens is 184 g/mol. The molecule has 0 bridgehead atoms. The highest BCUT2D eigenvalue weighted by Gasteiger charge is 2.14. The highest BCUT2D eigenvalue weighted by Crippen LogP contribution is 2.09. The quantitative estimate of drug-likeness (QED) is 0.471. The van der Waals surface area contributed by atoms with E-state index in [9.17, 15) is 14.5 Å². The molecule has 0 radical (unpaired) electrons. The lowest BCUT2D eigenvalue weighted by atomic mass is 10.4. The summed E-state index contributed by atoms with van der Waals surface area (Å²) >= 11 is 0.555. The van der Waals surface area contributed by atoms with Gasteiger partial charge in [0.15, 0.2) is 0 Å². The van der Waals surface area contributed by atoms with Crippen LogP contribution in [0.1, 0.15) is 6.92 Å². The van der Waals surface area contributed by atoms with Crippen molar-refractivity contribution >= 4 is 23.8 Å². The van der Waals surface area contributed by atoms with E-state index in [2.05, 4.69) is 9.90 Å². The molecule has 0 spiro atoms. The number of nitrogens with one attached hydrogen (secondary N) is 1. The summed E-state index contributed by atoms with van der Waals surface area (Å²) in [6.07, 6.45) is 0. The molecule has 0 rings (SSSR count). The van der Waals surface area contributed by atoms with Gasteiger partial charge in [-0.15, -0.1) is 4.91 Å². The van der Waals surface area contributed by atoms with E-state index in [0.29, 0.717) is 11.9 Å². The van der Waals surface area contributed by atoms with Crippen molar-refractivity contribution in [2.45, 2.75) is 12.2 Å². The van der Waals surface area contributed by atoms with E-state index in [4.69, 9.17) is 5.11 Å². The molecule has 0 saturated carbocycles. The second kappa shape index (κ2) is 5.53. The van der Waals surface area contributed by atoms with E-state index in [1.807, 2.05) is 0 Å². The largest absolute Gasteiger partial charge is 0.480 e. The highest BCUT2D eigenvalue weighted by atomic mass is 32.2. The summed E-state index contributed by atoms with van der Waals surface area (Å²) in [6, 6.07) is 0. The average molecular weight is 192 g/mol.